The van der Waals surface area contributed by atoms with E-state index < -0.39 is 24.0 Å². The first-order valence-electron chi connectivity index (χ1n) is 12.2. The lowest BCUT2D eigenvalue weighted by Gasteiger charge is -2.22. The van der Waals surface area contributed by atoms with Gasteiger partial charge in [0.1, 0.15) is 12.6 Å². The molecule has 8 heteroatoms. The van der Waals surface area contributed by atoms with E-state index in [1.165, 1.54) is 0 Å². The number of amides is 2. The molecule has 1 heterocycles. The first-order chi connectivity index (χ1) is 16.9. The van der Waals surface area contributed by atoms with E-state index in [9.17, 15) is 14.4 Å². The van der Waals surface area contributed by atoms with Crippen LogP contribution in [-0.4, -0.2) is 55.0 Å². The summed E-state index contributed by atoms with van der Waals surface area (Å²) in [6, 6.07) is 15.0. The lowest BCUT2D eigenvalue weighted by atomic mass is 9.98. The van der Waals surface area contributed by atoms with Gasteiger partial charge < -0.3 is 25.2 Å². The van der Waals surface area contributed by atoms with Gasteiger partial charge in [0.15, 0.2) is 0 Å². The average molecular weight is 481 g/mol. The van der Waals surface area contributed by atoms with Gasteiger partial charge in [-0.2, -0.15) is 0 Å². The van der Waals surface area contributed by atoms with Crippen molar-refractivity contribution in [2.24, 2.45) is 5.92 Å². The average Bonchev–Trinajstić information content (AvgIpc) is 3.50. The van der Waals surface area contributed by atoms with Gasteiger partial charge in [0.25, 0.3) is 0 Å². The van der Waals surface area contributed by atoms with Crippen molar-refractivity contribution in [1.29, 1.82) is 0 Å². The summed E-state index contributed by atoms with van der Waals surface area (Å²) in [5.41, 5.74) is 4.42. The summed E-state index contributed by atoms with van der Waals surface area (Å²) in [4.78, 5) is 36.5. The fourth-order valence-electron chi connectivity index (χ4n) is 4.89. The van der Waals surface area contributed by atoms with Crippen molar-refractivity contribution in [1.82, 2.24) is 10.6 Å². The molecule has 2 aromatic carbocycles. The Hall–Kier alpha value is -3.39. The van der Waals surface area contributed by atoms with E-state index in [2.05, 4.69) is 22.8 Å². The maximum Gasteiger partial charge on any atom is 0.407 e. The summed E-state index contributed by atoms with van der Waals surface area (Å²) in [6.07, 6.45) is 1.04. The second-order valence-electron chi connectivity index (χ2n) is 9.23. The van der Waals surface area contributed by atoms with Gasteiger partial charge in [0.05, 0.1) is 6.10 Å². The zero-order valence-electron chi connectivity index (χ0n) is 19.9. The monoisotopic (exact) mass is 480 g/mol. The first kappa shape index (κ1) is 24.7. The normalized spacial score (nSPS) is 18.3. The number of hydrogen-bond acceptors (Lipinski definition) is 5. The van der Waals surface area contributed by atoms with Crippen LogP contribution in [-0.2, 0) is 19.1 Å². The summed E-state index contributed by atoms with van der Waals surface area (Å²) < 4.78 is 11.2. The fourth-order valence-corrected chi connectivity index (χ4v) is 4.89. The Kier molecular flexibility index (Phi) is 8.02. The molecule has 4 rings (SSSR count). The molecule has 2 amide bonds. The summed E-state index contributed by atoms with van der Waals surface area (Å²) in [5.74, 6) is -1.45. The Balaban J connectivity index is 1.35. The van der Waals surface area contributed by atoms with Crippen LogP contribution in [0, 0.1) is 5.92 Å². The second-order valence-corrected chi connectivity index (χ2v) is 9.23. The minimum absolute atomic E-state index is 0.0281. The number of fused-ring (bicyclic) bond motifs is 3. The number of rotatable bonds is 10. The molecule has 2 aliphatic rings. The van der Waals surface area contributed by atoms with E-state index in [-0.39, 0.29) is 37.4 Å². The van der Waals surface area contributed by atoms with E-state index in [0.29, 0.717) is 6.54 Å². The molecule has 0 aromatic heterocycles. The highest BCUT2D eigenvalue weighted by Crippen LogP contribution is 2.44. The van der Waals surface area contributed by atoms with E-state index in [1.807, 2.05) is 43.3 Å². The van der Waals surface area contributed by atoms with Crippen LogP contribution in [0.2, 0.25) is 0 Å². The predicted octanol–water partition coefficient (Wildman–Crippen LogP) is 3.69. The molecule has 1 aliphatic heterocycles. The number of carboxylic acid groups (broad SMARTS) is 1. The van der Waals surface area contributed by atoms with Gasteiger partial charge in [-0.3, -0.25) is 9.59 Å². The second kappa shape index (κ2) is 11.4. The summed E-state index contributed by atoms with van der Waals surface area (Å²) in [5, 5.41) is 14.5. The van der Waals surface area contributed by atoms with Crippen LogP contribution in [0.1, 0.15) is 49.7 Å². The zero-order valence-corrected chi connectivity index (χ0v) is 19.9. The molecule has 186 valence electrons. The lowest BCUT2D eigenvalue weighted by Crippen LogP contribution is -2.48. The molecule has 3 unspecified atom stereocenters. The van der Waals surface area contributed by atoms with Crippen LogP contribution in [0.4, 0.5) is 4.79 Å². The molecule has 0 radical (unpaired) electrons. The third-order valence-corrected chi connectivity index (χ3v) is 6.80. The van der Waals surface area contributed by atoms with E-state index in [0.717, 1.165) is 41.7 Å². The molecule has 0 saturated carbocycles. The molecule has 35 heavy (non-hydrogen) atoms. The van der Waals surface area contributed by atoms with E-state index >= 15 is 0 Å². The van der Waals surface area contributed by atoms with Gasteiger partial charge in [-0.05, 0) is 47.4 Å². The Morgan fingerprint density at radius 2 is 1.74 bits per heavy atom. The van der Waals surface area contributed by atoms with E-state index in [4.69, 9.17) is 14.6 Å². The van der Waals surface area contributed by atoms with Crippen LogP contribution >= 0.6 is 0 Å². The molecule has 1 saturated heterocycles. The number of aliphatic carboxylic acids is 1. The van der Waals surface area contributed by atoms with Crippen molar-refractivity contribution in [2.75, 3.05) is 19.8 Å². The number of carbonyl (C=O) groups excluding carboxylic acids is 2. The standard InChI is InChI=1S/C27H32N2O6/c1-17(24-11-6-14-34-24)15-28-26(32)23(12-13-25(30)31)29-27(33)35-16-22-20-9-4-2-7-18(20)19-8-3-5-10-21(19)22/h2-5,7-10,17,22-24H,6,11-16H2,1H3,(H,28,32)(H,29,33)(H,30,31). The van der Waals surface area contributed by atoms with Crippen molar-refractivity contribution in [3.8, 4) is 11.1 Å². The molecule has 1 fully saturated rings. The summed E-state index contributed by atoms with van der Waals surface area (Å²) in [7, 11) is 0. The minimum atomic E-state index is -1.04. The summed E-state index contributed by atoms with van der Waals surface area (Å²) in [6.45, 7) is 3.23. The van der Waals surface area contributed by atoms with Crippen LogP contribution < -0.4 is 10.6 Å². The maximum absolute atomic E-state index is 12.8. The Morgan fingerprint density at radius 3 is 2.34 bits per heavy atom. The highest BCUT2D eigenvalue weighted by Gasteiger charge is 2.30. The van der Waals surface area contributed by atoms with Gasteiger partial charge in [-0.25, -0.2) is 4.79 Å². The Morgan fingerprint density at radius 1 is 1.09 bits per heavy atom. The molecule has 0 bridgehead atoms. The summed E-state index contributed by atoms with van der Waals surface area (Å²) >= 11 is 0. The van der Waals surface area contributed by atoms with Crippen molar-refractivity contribution in [3.63, 3.8) is 0 Å². The third kappa shape index (κ3) is 6.00. The Labute approximate surface area is 205 Å². The molecular weight excluding hydrogens is 448 g/mol. The predicted molar refractivity (Wildman–Crippen MR) is 130 cm³/mol. The smallest absolute Gasteiger partial charge is 0.407 e. The molecule has 8 nitrogen and oxygen atoms in total. The van der Waals surface area contributed by atoms with Gasteiger partial charge in [0, 0.05) is 25.5 Å². The van der Waals surface area contributed by atoms with Gasteiger partial charge in [-0.15, -0.1) is 0 Å². The van der Waals surface area contributed by atoms with Gasteiger partial charge in [-0.1, -0.05) is 55.5 Å². The molecule has 1 aliphatic carbocycles. The quantitative estimate of drug-likeness (QED) is 0.478. The molecule has 0 spiro atoms. The Bertz CT molecular complexity index is 1020. The number of hydrogen-bond donors (Lipinski definition) is 3. The SMILES string of the molecule is CC(CNC(=O)C(CCC(=O)O)NC(=O)OCC1c2ccccc2-c2ccccc21)C1CCCO1. The van der Waals surface area contributed by atoms with Gasteiger partial charge in [0.2, 0.25) is 5.91 Å². The highest BCUT2D eigenvalue weighted by molar-refractivity contribution is 5.86. The van der Waals surface area contributed by atoms with Crippen molar-refractivity contribution in [2.45, 2.75) is 50.7 Å². The van der Waals surface area contributed by atoms with Crippen LogP contribution in [0.5, 0.6) is 0 Å². The zero-order chi connectivity index (χ0) is 24.8. The third-order valence-electron chi connectivity index (χ3n) is 6.80. The maximum atomic E-state index is 12.8. The number of carbonyl (C=O) groups is 3. The molecule has 2 aromatic rings. The number of carboxylic acids is 1. The van der Waals surface area contributed by atoms with Crippen molar-refractivity contribution < 1.29 is 29.0 Å². The van der Waals surface area contributed by atoms with Crippen molar-refractivity contribution >= 4 is 18.0 Å². The largest absolute Gasteiger partial charge is 0.481 e. The number of benzene rings is 2. The van der Waals surface area contributed by atoms with Crippen LogP contribution in [0.3, 0.4) is 0 Å². The topological polar surface area (TPSA) is 114 Å². The fraction of sp³-hybridized carbons (Fsp3) is 0.444. The minimum Gasteiger partial charge on any atom is -0.481 e. The molecule has 3 N–H and O–H groups in total. The first-order valence-corrected chi connectivity index (χ1v) is 12.2. The highest BCUT2D eigenvalue weighted by atomic mass is 16.5. The van der Waals surface area contributed by atoms with E-state index in [1.54, 1.807) is 0 Å². The number of alkyl carbamates (subject to hydrolysis) is 1. The van der Waals surface area contributed by atoms with Crippen LogP contribution in [0.25, 0.3) is 11.1 Å². The lowest BCUT2D eigenvalue weighted by molar-refractivity contribution is -0.137. The van der Waals surface area contributed by atoms with Gasteiger partial charge >= 0.3 is 12.1 Å². The van der Waals surface area contributed by atoms with Crippen molar-refractivity contribution in [3.05, 3.63) is 59.7 Å². The number of nitrogens with one attached hydrogen (secondary N) is 2. The number of ether oxygens (including phenoxy) is 2. The molecular formula is C27H32N2O6. The van der Waals surface area contributed by atoms with Crippen LogP contribution in [0.15, 0.2) is 48.5 Å². The molecule has 3 atom stereocenters.